The lowest BCUT2D eigenvalue weighted by molar-refractivity contribution is -0.0596. The fourth-order valence-electron chi connectivity index (χ4n) is 8.36. The number of hydrogen-bond donors (Lipinski definition) is 0. The lowest BCUT2D eigenvalue weighted by Gasteiger charge is -2.56. The molecule has 252 valence electrons. The molecule has 47 heavy (non-hydrogen) atoms. The van der Waals surface area contributed by atoms with Crippen LogP contribution in [0.2, 0.25) is 0 Å². The van der Waals surface area contributed by atoms with Gasteiger partial charge >= 0.3 is 0 Å². The average molecular weight is 633 g/mol. The lowest BCUT2D eigenvalue weighted by atomic mass is 9.63. The highest BCUT2D eigenvalue weighted by atomic mass is 15.2. The van der Waals surface area contributed by atoms with Gasteiger partial charge in [0.15, 0.2) is 0 Å². The number of aryl methyl sites for hydroxylation is 3. The van der Waals surface area contributed by atoms with Crippen molar-refractivity contribution in [3.05, 3.63) is 83.4 Å². The van der Waals surface area contributed by atoms with Crippen LogP contribution in [0.5, 0.6) is 0 Å². The quantitative estimate of drug-likeness (QED) is 0.184. The van der Waals surface area contributed by atoms with Crippen LogP contribution in [0.4, 0.5) is 0 Å². The van der Waals surface area contributed by atoms with E-state index >= 15 is 0 Å². The van der Waals surface area contributed by atoms with E-state index in [4.69, 9.17) is 0 Å². The molecule has 2 spiro atoms. The normalized spacial score (nSPS) is 19.5. The molecule has 2 aromatic heterocycles. The standard InChI is InChI=1S/C21H28N2.C20H26N2.C2H6/c1-16(2)20-19-13-17(6-7-18(19)8-11-22-20)5-3-12-23-14-21(15-23)9-4-10-21;1-16-19-15-17(4-5-18(19)6-11-21-16)3-2-12-22-13-9-20(7-8-20)10-14-22;1-2/h6-8,11,13,16H,3-5,9-10,12,14-15H2,1-2H3;4-6,11,15H,2-3,7-10,12-14H2,1H3;1-2H3. The Hall–Kier alpha value is -2.82. The summed E-state index contributed by atoms with van der Waals surface area (Å²) in [5, 5.41) is 5.29. The molecule has 0 N–H and O–H groups in total. The summed E-state index contributed by atoms with van der Waals surface area (Å²) in [5.41, 5.74) is 6.87. The Bertz CT molecular complexity index is 1600. The second kappa shape index (κ2) is 15.2. The summed E-state index contributed by atoms with van der Waals surface area (Å²) in [6, 6.07) is 18.1. The zero-order valence-corrected chi connectivity index (χ0v) is 30.2. The molecule has 4 aliphatic rings. The van der Waals surface area contributed by atoms with Gasteiger partial charge in [-0.05, 0) is 160 Å². The molecule has 0 atom stereocenters. The zero-order valence-electron chi connectivity index (χ0n) is 30.2. The highest BCUT2D eigenvalue weighted by Crippen LogP contribution is 2.53. The topological polar surface area (TPSA) is 32.3 Å². The third-order valence-corrected chi connectivity index (χ3v) is 11.7. The number of pyridine rings is 2. The smallest absolute Gasteiger partial charge is 0.0507 e. The maximum Gasteiger partial charge on any atom is 0.0507 e. The molecule has 4 heterocycles. The Balaban J connectivity index is 0.000000156. The van der Waals surface area contributed by atoms with Gasteiger partial charge in [-0.1, -0.05) is 58.4 Å². The Labute approximate surface area is 285 Å². The molecule has 2 aromatic carbocycles. The molecule has 2 aliphatic carbocycles. The van der Waals surface area contributed by atoms with Crippen molar-refractivity contribution in [2.24, 2.45) is 10.8 Å². The van der Waals surface area contributed by atoms with E-state index < -0.39 is 0 Å². The van der Waals surface area contributed by atoms with Gasteiger partial charge in [0.25, 0.3) is 0 Å². The van der Waals surface area contributed by atoms with Crippen molar-refractivity contribution >= 4 is 21.5 Å². The predicted molar refractivity (Wildman–Crippen MR) is 200 cm³/mol. The van der Waals surface area contributed by atoms with Crippen molar-refractivity contribution in [1.82, 2.24) is 19.8 Å². The summed E-state index contributed by atoms with van der Waals surface area (Å²) in [6.07, 6.45) is 19.1. The third kappa shape index (κ3) is 8.26. The first-order chi connectivity index (χ1) is 22.9. The maximum absolute atomic E-state index is 4.60. The van der Waals surface area contributed by atoms with E-state index in [2.05, 4.69) is 89.1 Å². The molecule has 4 aromatic rings. The van der Waals surface area contributed by atoms with E-state index in [0.717, 1.165) is 16.5 Å². The van der Waals surface area contributed by atoms with Crippen LogP contribution < -0.4 is 0 Å². The van der Waals surface area contributed by atoms with Crippen LogP contribution in [0.25, 0.3) is 21.5 Å². The van der Waals surface area contributed by atoms with Gasteiger partial charge in [-0.3, -0.25) is 9.97 Å². The SMILES string of the molecule is CC.CC(C)c1nccc2ccc(CCCN3CC4(CCC4)C3)cc12.Cc1nccc2ccc(CCCN3CCC4(CC3)CC4)cc12. The van der Waals surface area contributed by atoms with Crippen LogP contribution in [0.15, 0.2) is 60.9 Å². The number of piperidine rings is 1. The van der Waals surface area contributed by atoms with Crippen LogP contribution in [0, 0.1) is 17.8 Å². The summed E-state index contributed by atoms with van der Waals surface area (Å²) in [7, 11) is 0. The number of rotatable bonds is 9. The Morgan fingerprint density at radius 3 is 1.81 bits per heavy atom. The summed E-state index contributed by atoms with van der Waals surface area (Å²) in [5.74, 6) is 0.480. The molecule has 4 fully saturated rings. The van der Waals surface area contributed by atoms with E-state index in [9.17, 15) is 0 Å². The molecular formula is C43H60N4. The van der Waals surface area contributed by atoms with Crippen LogP contribution in [-0.4, -0.2) is 59.0 Å². The molecule has 8 rings (SSSR count). The molecular weight excluding hydrogens is 573 g/mol. The van der Waals surface area contributed by atoms with Crippen molar-refractivity contribution < 1.29 is 0 Å². The van der Waals surface area contributed by atoms with Gasteiger partial charge in [0, 0.05) is 41.9 Å². The second-order valence-electron chi connectivity index (χ2n) is 15.5. The molecule has 2 saturated heterocycles. The first kappa shape index (κ1) is 34.1. The minimum atomic E-state index is 0.480. The summed E-state index contributed by atoms with van der Waals surface area (Å²) in [6.45, 7) is 18.5. The minimum absolute atomic E-state index is 0.480. The molecule has 2 aliphatic heterocycles. The fraction of sp³-hybridized carbons (Fsp3) is 0.581. The molecule has 0 radical (unpaired) electrons. The summed E-state index contributed by atoms with van der Waals surface area (Å²) < 4.78 is 0. The third-order valence-electron chi connectivity index (χ3n) is 11.7. The minimum Gasteiger partial charge on any atom is -0.303 e. The molecule has 0 unspecified atom stereocenters. The molecule has 2 saturated carbocycles. The lowest BCUT2D eigenvalue weighted by Crippen LogP contribution is -2.59. The largest absolute Gasteiger partial charge is 0.303 e. The van der Waals surface area contributed by atoms with Crippen molar-refractivity contribution in [1.29, 1.82) is 0 Å². The van der Waals surface area contributed by atoms with Crippen molar-refractivity contribution in [2.75, 3.05) is 39.3 Å². The van der Waals surface area contributed by atoms with E-state index in [0.29, 0.717) is 5.92 Å². The Kier molecular flexibility index (Phi) is 11.0. The molecule has 4 heteroatoms. The van der Waals surface area contributed by atoms with E-state index in [1.54, 1.807) is 0 Å². The zero-order chi connectivity index (χ0) is 32.9. The molecule has 4 nitrogen and oxygen atoms in total. The first-order valence-corrected chi connectivity index (χ1v) is 19.1. The van der Waals surface area contributed by atoms with Gasteiger partial charge in [-0.15, -0.1) is 0 Å². The number of likely N-dealkylation sites (tertiary alicyclic amines) is 2. The molecule has 0 bridgehead atoms. The highest BCUT2D eigenvalue weighted by molar-refractivity contribution is 5.86. The van der Waals surface area contributed by atoms with E-state index in [1.165, 1.54) is 148 Å². The number of benzene rings is 2. The Morgan fingerprint density at radius 2 is 1.23 bits per heavy atom. The Morgan fingerprint density at radius 1 is 0.660 bits per heavy atom. The number of fused-ring (bicyclic) bond motifs is 2. The monoisotopic (exact) mass is 632 g/mol. The molecule has 0 amide bonds. The fourth-order valence-corrected chi connectivity index (χ4v) is 8.36. The number of hydrogen-bond acceptors (Lipinski definition) is 4. The van der Waals surface area contributed by atoms with Gasteiger partial charge in [0.1, 0.15) is 0 Å². The van der Waals surface area contributed by atoms with E-state index in [1.807, 2.05) is 26.2 Å². The van der Waals surface area contributed by atoms with Crippen LogP contribution in [0.3, 0.4) is 0 Å². The van der Waals surface area contributed by atoms with Crippen molar-refractivity contribution in [2.45, 2.75) is 111 Å². The van der Waals surface area contributed by atoms with Gasteiger partial charge in [0.05, 0.1) is 5.69 Å². The summed E-state index contributed by atoms with van der Waals surface area (Å²) in [4.78, 5) is 14.3. The van der Waals surface area contributed by atoms with Gasteiger partial charge < -0.3 is 9.80 Å². The van der Waals surface area contributed by atoms with Gasteiger partial charge in [-0.2, -0.15) is 0 Å². The first-order valence-electron chi connectivity index (χ1n) is 19.1. The average Bonchev–Trinajstić information content (AvgIpc) is 3.82. The maximum atomic E-state index is 4.60. The predicted octanol–water partition coefficient (Wildman–Crippen LogP) is 10.2. The van der Waals surface area contributed by atoms with Crippen LogP contribution in [0.1, 0.15) is 114 Å². The second-order valence-corrected chi connectivity index (χ2v) is 15.5. The highest BCUT2D eigenvalue weighted by Gasteiger charge is 2.46. The summed E-state index contributed by atoms with van der Waals surface area (Å²) >= 11 is 0. The number of aromatic nitrogens is 2. The number of nitrogens with zero attached hydrogens (tertiary/aromatic N) is 4. The van der Waals surface area contributed by atoms with Crippen LogP contribution >= 0.6 is 0 Å². The van der Waals surface area contributed by atoms with Gasteiger partial charge in [-0.25, -0.2) is 0 Å². The van der Waals surface area contributed by atoms with Crippen molar-refractivity contribution in [3.8, 4) is 0 Å². The van der Waals surface area contributed by atoms with Gasteiger partial charge in [0.2, 0.25) is 0 Å². The van der Waals surface area contributed by atoms with Crippen LogP contribution in [-0.2, 0) is 12.8 Å². The van der Waals surface area contributed by atoms with Crippen molar-refractivity contribution in [3.63, 3.8) is 0 Å². The van der Waals surface area contributed by atoms with E-state index in [-0.39, 0.29) is 0 Å².